The molecule has 0 aliphatic heterocycles. The molecule has 11 aliphatic carbocycles. The Morgan fingerprint density at radius 3 is 2.35 bits per heavy atom. The molecule has 11 aliphatic rings. The molecule has 0 fully saturated rings. The van der Waals surface area contributed by atoms with Gasteiger partial charge in [0, 0.05) is 29.6 Å². The van der Waals surface area contributed by atoms with Gasteiger partial charge in [-0.3, -0.25) is 0 Å². The van der Waals surface area contributed by atoms with Gasteiger partial charge in [0.25, 0.3) is 0 Å². The fraction of sp³-hybridized carbons (Fsp3) is 0.300. The van der Waals surface area contributed by atoms with Gasteiger partial charge in [-0.05, 0) is 177 Å². The number of hydrogen-bond acceptors (Lipinski definition) is 0. The van der Waals surface area contributed by atoms with Crippen LogP contribution in [0.4, 0.5) is 0 Å². The summed E-state index contributed by atoms with van der Waals surface area (Å²) in [7, 11) is 0. The van der Waals surface area contributed by atoms with Crippen LogP contribution in [0.5, 0.6) is 0 Å². The number of benzene rings is 2. The van der Waals surface area contributed by atoms with E-state index in [0.29, 0.717) is 41.4 Å². The monoisotopic (exact) mass is 774 g/mol. The minimum Gasteiger partial charge on any atom is -0.0839 e. The highest BCUT2D eigenvalue weighted by molar-refractivity contribution is 5.92. The third-order valence-electron chi connectivity index (χ3n) is 16.4. The van der Waals surface area contributed by atoms with Crippen molar-refractivity contribution >= 4 is 16.8 Å². The van der Waals surface area contributed by atoms with Crippen molar-refractivity contribution in [3.63, 3.8) is 0 Å². The van der Waals surface area contributed by atoms with Crippen LogP contribution in [0, 0.1) is 41.4 Å². The molecular formula is C60H54. The molecule has 0 radical (unpaired) electrons. The first kappa shape index (κ1) is 35.3. The van der Waals surface area contributed by atoms with Crippen LogP contribution in [-0.2, 0) is 6.42 Å². The molecule has 7 unspecified atom stereocenters. The molecule has 0 heterocycles. The van der Waals surface area contributed by atoms with Crippen LogP contribution >= 0.6 is 0 Å². The summed E-state index contributed by atoms with van der Waals surface area (Å²) in [5, 5.41) is 2.73. The summed E-state index contributed by atoms with van der Waals surface area (Å²) in [4.78, 5) is 0. The molecule has 0 spiro atoms. The van der Waals surface area contributed by atoms with Gasteiger partial charge < -0.3 is 0 Å². The second-order valence-corrected chi connectivity index (χ2v) is 19.4. The fourth-order valence-corrected chi connectivity index (χ4v) is 13.5. The van der Waals surface area contributed by atoms with E-state index in [0.717, 1.165) is 32.1 Å². The van der Waals surface area contributed by atoms with E-state index in [2.05, 4.69) is 152 Å². The first-order valence-electron chi connectivity index (χ1n) is 23.4. The normalized spacial score (nSPS) is 31.9. The van der Waals surface area contributed by atoms with Gasteiger partial charge >= 0.3 is 0 Å². The Balaban J connectivity index is 0.912. The van der Waals surface area contributed by atoms with Crippen LogP contribution in [-0.4, -0.2) is 0 Å². The van der Waals surface area contributed by atoms with Crippen molar-refractivity contribution in [1.82, 2.24) is 0 Å². The molecule has 0 N–H and O–H groups in total. The second kappa shape index (κ2) is 14.1. The molecule has 2 aromatic rings. The third kappa shape index (κ3) is 5.62. The molecule has 2 aromatic carbocycles. The van der Waals surface area contributed by atoms with Crippen molar-refractivity contribution in [2.45, 2.75) is 70.6 Å². The molecule has 0 heteroatoms. The lowest BCUT2D eigenvalue weighted by Gasteiger charge is -2.46. The predicted molar refractivity (Wildman–Crippen MR) is 251 cm³/mol. The lowest BCUT2D eigenvalue weighted by Crippen LogP contribution is -2.35. The summed E-state index contributed by atoms with van der Waals surface area (Å²) in [6.07, 6.45) is 60.5. The summed E-state index contributed by atoms with van der Waals surface area (Å²) in [6, 6.07) is 13.7. The molecule has 13 rings (SSSR count). The zero-order valence-electron chi connectivity index (χ0n) is 34.8. The van der Waals surface area contributed by atoms with E-state index in [1.807, 2.05) is 0 Å². The maximum absolute atomic E-state index is 2.83. The Morgan fingerprint density at radius 1 is 0.517 bits per heavy atom. The molecule has 0 nitrogen and oxygen atoms in total. The average molecular weight is 775 g/mol. The van der Waals surface area contributed by atoms with Gasteiger partial charge in [-0.1, -0.05) is 152 Å². The first-order valence-corrected chi connectivity index (χ1v) is 23.4. The maximum Gasteiger partial charge on any atom is 0.0121 e. The maximum atomic E-state index is 2.83. The number of fused-ring (bicyclic) bond motifs is 10. The fourth-order valence-electron chi connectivity index (χ4n) is 13.5. The summed E-state index contributed by atoms with van der Waals surface area (Å²) in [5.41, 5.74) is 24.1. The molecule has 0 saturated heterocycles. The van der Waals surface area contributed by atoms with Crippen molar-refractivity contribution in [3.05, 3.63) is 229 Å². The van der Waals surface area contributed by atoms with E-state index in [1.54, 1.807) is 72.5 Å². The van der Waals surface area contributed by atoms with E-state index in [4.69, 9.17) is 0 Å². The number of allylic oxidation sites excluding steroid dienone is 31. The van der Waals surface area contributed by atoms with Crippen molar-refractivity contribution in [1.29, 1.82) is 0 Å². The van der Waals surface area contributed by atoms with Crippen LogP contribution in [0.15, 0.2) is 218 Å². The summed E-state index contributed by atoms with van der Waals surface area (Å²) >= 11 is 0. The largest absolute Gasteiger partial charge is 0.0839 e. The van der Waals surface area contributed by atoms with E-state index < -0.39 is 0 Å². The van der Waals surface area contributed by atoms with E-state index in [-0.39, 0.29) is 0 Å². The van der Waals surface area contributed by atoms with E-state index in [1.165, 1.54) is 60.4 Å². The molecule has 7 atom stereocenters. The molecule has 0 aromatic heterocycles. The Morgan fingerprint density at radius 2 is 1.37 bits per heavy atom. The minimum absolute atomic E-state index is 0.394. The minimum atomic E-state index is 0.394. The summed E-state index contributed by atoms with van der Waals surface area (Å²) in [6.45, 7) is 0. The predicted octanol–water partition coefficient (Wildman–Crippen LogP) is 14.9. The van der Waals surface area contributed by atoms with Gasteiger partial charge in [0.1, 0.15) is 0 Å². The van der Waals surface area contributed by atoms with Crippen molar-refractivity contribution in [3.8, 4) is 0 Å². The zero-order valence-corrected chi connectivity index (χ0v) is 34.8. The zero-order chi connectivity index (χ0) is 39.3. The molecule has 0 saturated carbocycles. The topological polar surface area (TPSA) is 0 Å². The van der Waals surface area contributed by atoms with Crippen molar-refractivity contribution in [2.75, 3.05) is 0 Å². The number of hydrogen-bond donors (Lipinski definition) is 0. The van der Waals surface area contributed by atoms with Gasteiger partial charge in [-0.2, -0.15) is 0 Å². The lowest BCUT2D eigenvalue weighted by atomic mass is 9.58. The molecule has 0 bridgehead atoms. The smallest absolute Gasteiger partial charge is 0.0121 e. The Labute approximate surface area is 356 Å². The Bertz CT molecular complexity index is 2800. The van der Waals surface area contributed by atoms with Crippen LogP contribution in [0.25, 0.3) is 16.8 Å². The molecule has 0 amide bonds. The molecule has 294 valence electrons. The van der Waals surface area contributed by atoms with Gasteiger partial charge in [0.15, 0.2) is 0 Å². The summed E-state index contributed by atoms with van der Waals surface area (Å²) in [5.74, 6) is 3.17. The lowest BCUT2D eigenvalue weighted by molar-refractivity contribution is 0.360. The van der Waals surface area contributed by atoms with Gasteiger partial charge in [-0.25, -0.2) is 0 Å². The first-order chi connectivity index (χ1) is 29.7. The summed E-state index contributed by atoms with van der Waals surface area (Å²) < 4.78 is 0. The molecular weight excluding hydrogens is 721 g/mol. The van der Waals surface area contributed by atoms with Crippen molar-refractivity contribution < 1.29 is 0 Å². The van der Waals surface area contributed by atoms with E-state index >= 15 is 0 Å². The van der Waals surface area contributed by atoms with E-state index in [9.17, 15) is 0 Å². The van der Waals surface area contributed by atoms with Gasteiger partial charge in [-0.15, -0.1) is 0 Å². The standard InChI is InChI=1S/C60H54/c1-4-12-47-37(9-1)17-20-42-31-40(23-27-50(42)47)41-24-30-55-57(46-26-29-52-44(33-46)22-19-39-11-3-6-14-49(39)52)35-59-54-16-8-7-15-53(54)56(36-60(59)58(55)34-41)45-25-28-51-43(32-45)21-18-38-10-2-5-13-48(38)51/h1-3,5-11,13-15,18-19,21-22,25-26,28-29,31,34-36,39,45-46,49,54,59-60H,4,12,16-17,20,23-24,27,30,32-33H2. The van der Waals surface area contributed by atoms with Crippen LogP contribution in [0.1, 0.15) is 75.3 Å². The highest BCUT2D eigenvalue weighted by atomic mass is 14.5. The Hall–Kier alpha value is -5.46. The second-order valence-electron chi connectivity index (χ2n) is 19.4. The van der Waals surface area contributed by atoms with Gasteiger partial charge in [0.2, 0.25) is 0 Å². The quantitative estimate of drug-likeness (QED) is 0.291. The SMILES string of the molecule is C1=CCC2C(=C1)C(C1C=Cc3c(ccc4ccccc34)C1)=CC1C3=C(CCC(C4=CC5=C(CC4)C4=C(C=CCC4)CC5)=C3)C(C3C=CC4=C(C=CC5C=CC=CC45)C3)=CC12. The number of rotatable bonds is 3. The highest BCUT2D eigenvalue weighted by Gasteiger charge is 2.44. The van der Waals surface area contributed by atoms with Crippen molar-refractivity contribution in [2.24, 2.45) is 41.4 Å². The third-order valence-corrected chi connectivity index (χ3v) is 16.4. The van der Waals surface area contributed by atoms with Crippen LogP contribution < -0.4 is 0 Å². The van der Waals surface area contributed by atoms with Crippen LogP contribution in [0.3, 0.4) is 0 Å². The van der Waals surface area contributed by atoms with Gasteiger partial charge in [0.05, 0.1) is 0 Å². The highest BCUT2D eigenvalue weighted by Crippen LogP contribution is 2.56. The Kier molecular flexibility index (Phi) is 8.27. The average Bonchev–Trinajstić information content (AvgIpc) is 3.32. The molecule has 60 heavy (non-hydrogen) atoms. The van der Waals surface area contributed by atoms with Crippen LogP contribution in [0.2, 0.25) is 0 Å².